The summed E-state index contributed by atoms with van der Waals surface area (Å²) in [5.74, 6) is 0. The molecule has 0 amide bonds. The second-order valence-corrected chi connectivity index (χ2v) is 2.36. The Morgan fingerprint density at radius 2 is 2.00 bits per heavy atom. The first-order chi connectivity index (χ1) is 3.68. The second-order valence-electron chi connectivity index (χ2n) is 2.36. The number of nitrogens with one attached hydrogen (secondary N) is 1. The molecule has 0 fully saturated rings. The van der Waals surface area contributed by atoms with Crippen molar-refractivity contribution in [3.8, 4) is 0 Å². The fraction of sp³-hybridized carbons (Fsp3) is 1.00. The Bertz CT molecular complexity index is 52.5. The molecule has 0 heterocycles. The van der Waals surface area contributed by atoms with Crippen LogP contribution in [0.2, 0.25) is 0 Å². The molecule has 0 spiro atoms. The zero-order valence-electron chi connectivity index (χ0n) is 6.23. The van der Waals surface area contributed by atoms with Crippen molar-refractivity contribution in [2.45, 2.75) is 19.9 Å². The van der Waals surface area contributed by atoms with Crippen molar-refractivity contribution in [2.75, 3.05) is 20.8 Å². The highest BCUT2D eigenvalue weighted by Crippen LogP contribution is 1.88. The summed E-state index contributed by atoms with van der Waals surface area (Å²) in [5.41, 5.74) is 0. The summed E-state index contributed by atoms with van der Waals surface area (Å²) in [6, 6.07) is 0.641. The van der Waals surface area contributed by atoms with Gasteiger partial charge in [-0.1, -0.05) is 0 Å². The summed E-state index contributed by atoms with van der Waals surface area (Å²) < 4.78 is 0. The summed E-state index contributed by atoms with van der Waals surface area (Å²) in [4.78, 5) is 2.24. The molecule has 2 heteroatoms. The van der Waals surface area contributed by atoms with E-state index in [2.05, 4.69) is 31.1 Å². The van der Waals surface area contributed by atoms with Crippen molar-refractivity contribution in [3.63, 3.8) is 0 Å². The Hall–Kier alpha value is -0.0800. The van der Waals surface area contributed by atoms with Crippen molar-refractivity contribution >= 4 is 0 Å². The van der Waals surface area contributed by atoms with Crippen LogP contribution in [0.15, 0.2) is 0 Å². The fourth-order valence-electron chi connectivity index (χ4n) is 0.432. The van der Waals surface area contributed by atoms with E-state index in [1.165, 1.54) is 0 Å². The van der Waals surface area contributed by atoms with Crippen molar-refractivity contribution < 1.29 is 0 Å². The van der Waals surface area contributed by atoms with Crippen molar-refractivity contribution in [2.24, 2.45) is 0 Å². The van der Waals surface area contributed by atoms with Crippen molar-refractivity contribution in [1.29, 1.82) is 0 Å². The summed E-state index contributed by atoms with van der Waals surface area (Å²) in [6.45, 7) is 5.33. The number of rotatable bonds is 3. The normalized spacial score (nSPS) is 11.2. The van der Waals surface area contributed by atoms with Crippen LogP contribution in [0.1, 0.15) is 13.8 Å². The van der Waals surface area contributed by atoms with E-state index in [9.17, 15) is 0 Å². The lowest BCUT2D eigenvalue weighted by molar-refractivity contribution is 0.260. The first-order valence-corrected chi connectivity index (χ1v) is 3.03. The molecule has 0 aliphatic carbocycles. The van der Waals surface area contributed by atoms with E-state index in [1.54, 1.807) is 0 Å². The number of hydrogen-bond donors (Lipinski definition) is 1. The fourth-order valence-corrected chi connectivity index (χ4v) is 0.432. The average molecular weight is 116 g/mol. The van der Waals surface area contributed by atoms with Gasteiger partial charge in [0, 0.05) is 12.7 Å². The topological polar surface area (TPSA) is 15.3 Å². The molecule has 0 aromatic rings. The zero-order chi connectivity index (χ0) is 6.57. The van der Waals surface area contributed by atoms with E-state index in [4.69, 9.17) is 0 Å². The maximum absolute atomic E-state index is 3.07. The lowest BCUT2D eigenvalue weighted by Gasteiger charge is -2.19. The largest absolute Gasteiger partial charge is 0.307 e. The van der Waals surface area contributed by atoms with Crippen LogP contribution in [0.4, 0.5) is 0 Å². The minimum Gasteiger partial charge on any atom is -0.307 e. The van der Waals surface area contributed by atoms with E-state index in [0.29, 0.717) is 6.04 Å². The van der Waals surface area contributed by atoms with Gasteiger partial charge in [0.1, 0.15) is 0 Å². The van der Waals surface area contributed by atoms with Gasteiger partial charge in [0.05, 0.1) is 0 Å². The molecule has 0 atom stereocenters. The molecule has 2 nitrogen and oxygen atoms in total. The Morgan fingerprint density at radius 3 is 2.12 bits per heavy atom. The van der Waals surface area contributed by atoms with Gasteiger partial charge >= 0.3 is 0 Å². The van der Waals surface area contributed by atoms with E-state index in [1.807, 2.05) is 7.05 Å². The molecule has 1 N–H and O–H groups in total. The smallest absolute Gasteiger partial charge is 0.0477 e. The Labute approximate surface area is 51.9 Å². The van der Waals surface area contributed by atoms with Crippen LogP contribution in [-0.4, -0.2) is 31.7 Å². The van der Waals surface area contributed by atoms with Crippen LogP contribution in [0.5, 0.6) is 0 Å². The van der Waals surface area contributed by atoms with Gasteiger partial charge in [0.15, 0.2) is 0 Å². The maximum atomic E-state index is 3.07. The molecule has 0 aromatic heterocycles. The predicted molar refractivity (Wildman–Crippen MR) is 36.8 cm³/mol. The maximum Gasteiger partial charge on any atom is 0.0477 e. The van der Waals surface area contributed by atoms with Gasteiger partial charge in [-0.15, -0.1) is 0 Å². The monoisotopic (exact) mass is 116 g/mol. The van der Waals surface area contributed by atoms with E-state index < -0.39 is 0 Å². The predicted octanol–water partition coefficient (Wildman–Crippen LogP) is 0.503. The molecule has 0 saturated heterocycles. The Morgan fingerprint density at radius 1 is 1.50 bits per heavy atom. The molecule has 8 heavy (non-hydrogen) atoms. The first-order valence-electron chi connectivity index (χ1n) is 3.03. The molecule has 0 aliphatic heterocycles. The van der Waals surface area contributed by atoms with E-state index in [0.717, 1.165) is 6.67 Å². The summed E-state index contributed by atoms with van der Waals surface area (Å²) >= 11 is 0. The molecule has 0 saturated carbocycles. The van der Waals surface area contributed by atoms with Crippen molar-refractivity contribution in [3.05, 3.63) is 0 Å². The molecular weight excluding hydrogens is 100 g/mol. The Kier molecular flexibility index (Phi) is 3.83. The highest BCUT2D eigenvalue weighted by atomic mass is 15.2. The standard InChI is InChI=1S/C6H16N2/c1-6(2)8(4)5-7-3/h6-7H,5H2,1-4H3. The van der Waals surface area contributed by atoms with Crippen LogP contribution in [0, 0.1) is 0 Å². The van der Waals surface area contributed by atoms with Gasteiger partial charge in [-0.05, 0) is 27.9 Å². The van der Waals surface area contributed by atoms with Crippen molar-refractivity contribution in [1.82, 2.24) is 10.2 Å². The van der Waals surface area contributed by atoms with E-state index in [-0.39, 0.29) is 0 Å². The third-order valence-corrected chi connectivity index (χ3v) is 1.29. The SMILES string of the molecule is CNCN(C)C(C)C. The van der Waals surface area contributed by atoms with Crippen LogP contribution >= 0.6 is 0 Å². The third-order valence-electron chi connectivity index (χ3n) is 1.29. The van der Waals surface area contributed by atoms with Gasteiger partial charge in [-0.25, -0.2) is 0 Å². The van der Waals surface area contributed by atoms with Gasteiger partial charge in [-0.2, -0.15) is 0 Å². The minimum atomic E-state index is 0.641. The zero-order valence-corrected chi connectivity index (χ0v) is 6.23. The minimum absolute atomic E-state index is 0.641. The number of nitrogens with zero attached hydrogens (tertiary/aromatic N) is 1. The van der Waals surface area contributed by atoms with Crippen LogP contribution in [0.3, 0.4) is 0 Å². The highest BCUT2D eigenvalue weighted by Gasteiger charge is 1.98. The van der Waals surface area contributed by atoms with E-state index >= 15 is 0 Å². The summed E-state index contributed by atoms with van der Waals surface area (Å²) in [6.07, 6.45) is 0. The molecule has 0 aliphatic rings. The van der Waals surface area contributed by atoms with Crippen LogP contribution in [-0.2, 0) is 0 Å². The van der Waals surface area contributed by atoms with Gasteiger partial charge in [0.25, 0.3) is 0 Å². The lowest BCUT2D eigenvalue weighted by atomic mass is 10.4. The second kappa shape index (κ2) is 3.87. The van der Waals surface area contributed by atoms with Gasteiger partial charge < -0.3 is 5.32 Å². The Balaban J connectivity index is 3.17. The summed E-state index contributed by atoms with van der Waals surface area (Å²) in [7, 11) is 4.06. The molecular formula is C6H16N2. The van der Waals surface area contributed by atoms with Gasteiger partial charge in [0.2, 0.25) is 0 Å². The molecule has 0 unspecified atom stereocenters. The average Bonchev–Trinajstić information content (AvgIpc) is 1.67. The number of hydrogen-bond acceptors (Lipinski definition) is 2. The van der Waals surface area contributed by atoms with Crippen LogP contribution < -0.4 is 5.32 Å². The van der Waals surface area contributed by atoms with Crippen LogP contribution in [0.25, 0.3) is 0 Å². The lowest BCUT2D eigenvalue weighted by Crippen LogP contribution is -2.33. The quantitative estimate of drug-likeness (QED) is 0.540. The molecule has 0 bridgehead atoms. The third kappa shape index (κ3) is 2.99. The first kappa shape index (κ1) is 7.92. The summed E-state index contributed by atoms with van der Waals surface area (Å²) in [5, 5.41) is 3.07. The molecule has 50 valence electrons. The highest BCUT2D eigenvalue weighted by molar-refractivity contribution is 4.52. The van der Waals surface area contributed by atoms with Gasteiger partial charge in [-0.3, -0.25) is 4.90 Å². The molecule has 0 rings (SSSR count). The molecule has 0 aromatic carbocycles. The molecule has 0 radical (unpaired) electrons.